The molecule has 5 nitrogen and oxygen atoms in total. The van der Waals surface area contributed by atoms with Gasteiger partial charge in [0.25, 0.3) is 0 Å². The molecule has 0 aliphatic rings. The predicted octanol–water partition coefficient (Wildman–Crippen LogP) is 15.1. The Morgan fingerprint density at radius 2 is 0.968 bits per heavy atom. The van der Waals surface area contributed by atoms with Gasteiger partial charge in [-0.05, 0) is 59.6 Å². The summed E-state index contributed by atoms with van der Waals surface area (Å²) in [5, 5.41) is 4.75. The molecule has 0 saturated heterocycles. The molecule has 4 heterocycles. The van der Waals surface area contributed by atoms with Crippen LogP contribution in [0.3, 0.4) is 0 Å². The monoisotopic (exact) mass is 827 g/mol. The Bertz CT molecular complexity index is 4220. The first-order valence-corrected chi connectivity index (χ1v) is 21.5. The minimum absolute atomic E-state index is 0.0547. The van der Waals surface area contributed by atoms with Crippen LogP contribution in [-0.4, -0.2) is 24.1 Å². The summed E-state index contributed by atoms with van der Waals surface area (Å²) in [6, 6.07) is 57.6. The number of thiophene rings is 1. The smallest absolute Gasteiger partial charge is 0.238 e. The van der Waals surface area contributed by atoms with E-state index in [4.69, 9.17) is 19.1 Å². The van der Waals surface area contributed by atoms with Crippen LogP contribution in [0.4, 0.5) is 0 Å². The van der Waals surface area contributed by atoms with Crippen molar-refractivity contribution in [1.29, 1.82) is 0 Å². The summed E-state index contributed by atoms with van der Waals surface area (Å²) in [7, 11) is 0. The number of fused-ring (bicyclic) bond motifs is 9. The van der Waals surface area contributed by atoms with Crippen LogP contribution in [0.2, 0.25) is 0 Å². The second-order valence-corrected chi connectivity index (χ2v) is 16.5. The predicted molar refractivity (Wildman–Crippen MR) is 263 cm³/mol. The molecule has 13 rings (SSSR count). The van der Waals surface area contributed by atoms with Gasteiger partial charge in [-0.25, -0.2) is 4.98 Å². The molecule has 0 spiro atoms. The zero-order chi connectivity index (χ0) is 46.7. The van der Waals surface area contributed by atoms with E-state index in [9.17, 15) is 4.11 Å². The van der Waals surface area contributed by atoms with Crippen LogP contribution in [0, 0.1) is 0 Å². The second-order valence-electron chi connectivity index (χ2n) is 15.5. The number of hydrogen-bond donors (Lipinski definition) is 0. The fraction of sp³-hybridized carbons (Fsp3) is 0. The van der Waals surface area contributed by atoms with E-state index in [2.05, 4.69) is 75.9 Å². The van der Waals surface area contributed by atoms with Crippen LogP contribution in [0.5, 0.6) is 0 Å². The highest BCUT2D eigenvalue weighted by Crippen LogP contribution is 2.44. The molecule has 0 aliphatic heterocycles. The summed E-state index contributed by atoms with van der Waals surface area (Å²) >= 11 is 1.22. The van der Waals surface area contributed by atoms with Crippen molar-refractivity contribution in [2.45, 2.75) is 0 Å². The molecule has 9 aromatic carbocycles. The molecule has 4 aromatic heterocycles. The third-order valence-corrected chi connectivity index (χ3v) is 13.1. The number of aromatic nitrogens is 5. The third-order valence-electron chi connectivity index (χ3n) is 12.0. The van der Waals surface area contributed by atoms with Crippen LogP contribution < -0.4 is 0 Å². The summed E-state index contributed by atoms with van der Waals surface area (Å²) in [5.41, 5.74) is 8.95. The van der Waals surface area contributed by atoms with Crippen LogP contribution in [-0.2, 0) is 0 Å². The van der Waals surface area contributed by atoms with E-state index in [-0.39, 0.29) is 47.0 Å². The summed E-state index contributed by atoms with van der Waals surface area (Å²) < 4.78 is 59.9. The molecule has 0 fully saturated rings. The second kappa shape index (κ2) is 14.2. The van der Waals surface area contributed by atoms with Crippen LogP contribution in [0.1, 0.15) is 8.22 Å². The SMILES string of the molecule is [2H]c1cc([2H])c2sc3c(-c4cc(-c5nc(-c6ccccc6)nc(-n6c7ccccc7c7ccc(-c8ccccc8)cc76)n5)ccc4-n4c5ccccc5c5ccccc54)c([2H])c([2H])c([2H])c3c2c1[2H]. The van der Waals surface area contributed by atoms with E-state index in [1.165, 1.54) is 17.4 Å². The van der Waals surface area contributed by atoms with Gasteiger partial charge in [-0.15, -0.1) is 11.3 Å². The van der Waals surface area contributed by atoms with Crippen LogP contribution in [0.25, 0.3) is 120 Å². The minimum atomic E-state index is -0.313. The number of rotatable bonds is 6. The van der Waals surface area contributed by atoms with Crippen molar-refractivity contribution in [3.05, 3.63) is 212 Å². The summed E-state index contributed by atoms with van der Waals surface area (Å²) in [6.07, 6.45) is 0. The van der Waals surface area contributed by atoms with Gasteiger partial charge in [0.05, 0.1) is 36.0 Å². The zero-order valence-electron chi connectivity index (χ0n) is 39.4. The van der Waals surface area contributed by atoms with Gasteiger partial charge in [-0.3, -0.25) is 4.57 Å². The molecule has 0 N–H and O–H groups in total. The average Bonchev–Trinajstić information content (AvgIpc) is 4.06. The van der Waals surface area contributed by atoms with Crippen molar-refractivity contribution in [2.75, 3.05) is 0 Å². The number of nitrogens with zero attached hydrogens (tertiary/aromatic N) is 5. The lowest BCUT2D eigenvalue weighted by Crippen LogP contribution is -2.07. The Balaban J connectivity index is 1.14. The first-order chi connectivity index (χ1) is 33.7. The maximum Gasteiger partial charge on any atom is 0.238 e. The largest absolute Gasteiger partial charge is 0.309 e. The van der Waals surface area contributed by atoms with E-state index in [1.54, 1.807) is 0 Å². The van der Waals surface area contributed by atoms with E-state index < -0.39 is 0 Å². The normalized spacial score (nSPS) is 13.1. The number of para-hydroxylation sites is 3. The zero-order valence-corrected chi connectivity index (χ0v) is 34.2. The van der Waals surface area contributed by atoms with Crippen molar-refractivity contribution < 1.29 is 8.22 Å². The Morgan fingerprint density at radius 3 is 1.68 bits per heavy atom. The first-order valence-electron chi connectivity index (χ1n) is 23.7. The van der Waals surface area contributed by atoms with E-state index in [1.807, 2.05) is 103 Å². The molecule has 0 amide bonds. The maximum atomic E-state index is 9.72. The summed E-state index contributed by atoms with van der Waals surface area (Å²) in [4.78, 5) is 15.8. The fourth-order valence-corrected chi connectivity index (χ4v) is 10.2. The molecule has 6 heteroatoms. The van der Waals surface area contributed by atoms with E-state index in [0.29, 0.717) is 49.4 Å². The van der Waals surface area contributed by atoms with Crippen LogP contribution >= 0.6 is 11.3 Å². The van der Waals surface area contributed by atoms with Gasteiger partial charge in [0.2, 0.25) is 5.95 Å². The van der Waals surface area contributed by atoms with Gasteiger partial charge in [0.15, 0.2) is 11.6 Å². The minimum Gasteiger partial charge on any atom is -0.309 e. The third kappa shape index (κ3) is 5.66. The fourth-order valence-electron chi connectivity index (χ4n) is 9.12. The van der Waals surface area contributed by atoms with E-state index in [0.717, 1.165) is 60.3 Å². The topological polar surface area (TPSA) is 48.5 Å². The standard InChI is InChI=1S/C57H35N5S/c1-3-16-36(17-4-1)38-30-32-43-42-22-9-13-28-50(42)62(52(43)35-38)57-59-55(37-18-5-2-6-19-37)58-56(60-57)39-31-33-51(61-48-26-11-7-20-40(48)41-21-8-12-27-49(41)61)47(34-39)46-25-15-24-45-44-23-10-14-29-53(44)63-54(45)46/h1-35H/i10D,15D,23D,24D,25D,29D. The van der Waals surface area contributed by atoms with Gasteiger partial charge in [-0.1, -0.05) is 164 Å². The quantitative estimate of drug-likeness (QED) is 0.168. The Morgan fingerprint density at radius 1 is 0.381 bits per heavy atom. The molecule has 0 atom stereocenters. The van der Waals surface area contributed by atoms with Crippen molar-refractivity contribution in [3.8, 4) is 56.7 Å². The molecule has 13 aromatic rings. The first kappa shape index (κ1) is 29.9. The molecule has 0 aliphatic carbocycles. The highest BCUT2D eigenvalue weighted by atomic mass is 32.1. The van der Waals surface area contributed by atoms with Gasteiger partial charge in [0, 0.05) is 64.0 Å². The summed E-state index contributed by atoms with van der Waals surface area (Å²) in [6.45, 7) is 0. The van der Waals surface area contributed by atoms with Crippen molar-refractivity contribution in [1.82, 2.24) is 24.1 Å². The van der Waals surface area contributed by atoms with Gasteiger partial charge >= 0.3 is 0 Å². The summed E-state index contributed by atoms with van der Waals surface area (Å²) in [5.74, 6) is 1.26. The molecule has 294 valence electrons. The van der Waals surface area contributed by atoms with Crippen molar-refractivity contribution >= 4 is 75.1 Å². The Hall–Kier alpha value is -8.19. The highest BCUT2D eigenvalue weighted by Gasteiger charge is 2.22. The van der Waals surface area contributed by atoms with E-state index >= 15 is 0 Å². The molecule has 63 heavy (non-hydrogen) atoms. The van der Waals surface area contributed by atoms with Gasteiger partial charge in [-0.2, -0.15) is 9.97 Å². The number of benzene rings is 9. The lowest BCUT2D eigenvalue weighted by molar-refractivity contribution is 0.953. The van der Waals surface area contributed by atoms with Crippen molar-refractivity contribution in [2.24, 2.45) is 0 Å². The molecule has 0 radical (unpaired) electrons. The highest BCUT2D eigenvalue weighted by molar-refractivity contribution is 7.26. The Kier molecular flexibility index (Phi) is 6.75. The molecular weight excluding hydrogens is 787 g/mol. The lowest BCUT2D eigenvalue weighted by Gasteiger charge is -2.17. The molecule has 0 bridgehead atoms. The molecule has 0 saturated carbocycles. The lowest BCUT2D eigenvalue weighted by atomic mass is 9.98. The molecular formula is C57H35N5S. The van der Waals surface area contributed by atoms with Crippen LogP contribution in [0.15, 0.2) is 212 Å². The Labute approximate surface area is 374 Å². The maximum absolute atomic E-state index is 9.72. The van der Waals surface area contributed by atoms with Crippen molar-refractivity contribution in [3.63, 3.8) is 0 Å². The average molecular weight is 828 g/mol. The van der Waals surface area contributed by atoms with Gasteiger partial charge < -0.3 is 4.57 Å². The molecule has 0 unspecified atom stereocenters. The number of hydrogen-bond acceptors (Lipinski definition) is 4. The van der Waals surface area contributed by atoms with Gasteiger partial charge in [0.1, 0.15) is 0 Å².